The quantitative estimate of drug-likeness (QED) is 0.461. The normalized spacial score (nSPS) is 17.9. The van der Waals surface area contributed by atoms with Gasteiger partial charge in [-0.1, -0.05) is 48.5 Å². The maximum atomic E-state index is 12.1. The number of aromatic nitrogens is 1. The minimum atomic E-state index is 0.125. The van der Waals surface area contributed by atoms with E-state index in [1.807, 2.05) is 18.3 Å². The molecule has 0 aliphatic carbocycles. The molecule has 5 rings (SSSR count). The van der Waals surface area contributed by atoms with Crippen molar-refractivity contribution in [3.63, 3.8) is 0 Å². The van der Waals surface area contributed by atoms with Crippen LogP contribution in [0.2, 0.25) is 0 Å². The minimum Gasteiger partial charge on any atom is -0.489 e. The summed E-state index contributed by atoms with van der Waals surface area (Å²) in [6.07, 6.45) is 6.96. The predicted molar refractivity (Wildman–Crippen MR) is 142 cm³/mol. The lowest BCUT2D eigenvalue weighted by molar-refractivity contribution is -0.121. The monoisotopic (exact) mass is 484 g/mol. The smallest absolute Gasteiger partial charge is 0.220 e. The third-order valence-electron chi connectivity index (χ3n) is 7.31. The Hall–Kier alpha value is -3.22. The van der Waals surface area contributed by atoms with Gasteiger partial charge in [0.15, 0.2) is 0 Å². The van der Waals surface area contributed by atoms with Crippen molar-refractivity contribution in [2.24, 2.45) is 0 Å². The first-order valence-corrected chi connectivity index (χ1v) is 13.2. The van der Waals surface area contributed by atoms with E-state index >= 15 is 0 Å². The van der Waals surface area contributed by atoms with Gasteiger partial charge in [0.1, 0.15) is 12.4 Å². The van der Waals surface area contributed by atoms with Gasteiger partial charge in [-0.2, -0.15) is 0 Å². The van der Waals surface area contributed by atoms with Gasteiger partial charge in [-0.15, -0.1) is 0 Å². The largest absolute Gasteiger partial charge is 0.489 e. The van der Waals surface area contributed by atoms with Crippen molar-refractivity contribution in [3.8, 4) is 5.75 Å². The number of ether oxygens (including phenoxy) is 1. The van der Waals surface area contributed by atoms with Crippen LogP contribution in [0, 0.1) is 0 Å². The number of rotatable bonds is 9. The molecule has 1 atom stereocenters. The Labute approximate surface area is 214 Å². The molecule has 0 bridgehead atoms. The molecule has 2 aromatic carbocycles. The van der Waals surface area contributed by atoms with E-state index in [2.05, 4.69) is 68.6 Å². The number of amides is 1. The summed E-state index contributed by atoms with van der Waals surface area (Å²) in [5, 5.41) is 3.07. The van der Waals surface area contributed by atoms with E-state index in [9.17, 15) is 4.79 Å². The third kappa shape index (κ3) is 6.12. The molecular weight excluding hydrogens is 448 g/mol. The van der Waals surface area contributed by atoms with Gasteiger partial charge in [0.2, 0.25) is 5.91 Å². The Morgan fingerprint density at radius 1 is 0.944 bits per heavy atom. The Kier molecular flexibility index (Phi) is 8.26. The second-order valence-electron chi connectivity index (χ2n) is 9.72. The molecule has 1 amide bonds. The number of fused-ring (bicyclic) bond motifs is 2. The Morgan fingerprint density at radius 2 is 1.75 bits per heavy atom. The molecule has 1 aromatic heterocycles. The lowest BCUT2D eigenvalue weighted by atomic mass is 9.93. The van der Waals surface area contributed by atoms with Crippen LogP contribution >= 0.6 is 0 Å². The van der Waals surface area contributed by atoms with Crippen molar-refractivity contribution in [1.29, 1.82) is 0 Å². The van der Waals surface area contributed by atoms with Gasteiger partial charge in [0, 0.05) is 57.1 Å². The van der Waals surface area contributed by atoms with Gasteiger partial charge >= 0.3 is 0 Å². The zero-order valence-electron chi connectivity index (χ0n) is 20.9. The lowest BCUT2D eigenvalue weighted by Gasteiger charge is -2.40. The molecule has 1 fully saturated rings. The number of nitrogens with one attached hydrogen (secondary N) is 1. The first kappa shape index (κ1) is 24.5. The second kappa shape index (κ2) is 12.2. The van der Waals surface area contributed by atoms with Crippen molar-refractivity contribution in [1.82, 2.24) is 20.1 Å². The fourth-order valence-corrected chi connectivity index (χ4v) is 5.31. The first-order valence-electron chi connectivity index (χ1n) is 13.2. The van der Waals surface area contributed by atoms with Crippen molar-refractivity contribution in [3.05, 3.63) is 95.3 Å². The number of nitrogens with zero attached hydrogens (tertiary/aromatic N) is 3. The van der Waals surface area contributed by atoms with E-state index in [4.69, 9.17) is 4.74 Å². The van der Waals surface area contributed by atoms with Crippen molar-refractivity contribution >= 4 is 5.91 Å². The summed E-state index contributed by atoms with van der Waals surface area (Å²) in [5.41, 5.74) is 5.03. The number of carbonyl (C=O) groups excluding carboxylic acids is 1. The molecule has 36 heavy (non-hydrogen) atoms. The number of para-hydroxylation sites is 1. The van der Waals surface area contributed by atoms with Crippen LogP contribution < -0.4 is 10.1 Å². The molecule has 188 valence electrons. The molecule has 6 nitrogen and oxygen atoms in total. The fraction of sp³-hybridized carbons (Fsp3) is 0.400. The van der Waals surface area contributed by atoms with Crippen LogP contribution in [0.15, 0.2) is 73.1 Å². The SMILES string of the molecule is O=C(CCc1cccnc1)NCCCCN1CCN(C2c3ccccc3COc3ccccc32)CC1. The van der Waals surface area contributed by atoms with Crippen molar-refractivity contribution in [2.45, 2.75) is 38.3 Å². The average Bonchev–Trinajstić information content (AvgIpc) is 3.10. The summed E-state index contributed by atoms with van der Waals surface area (Å²) in [6, 6.07) is 21.4. The second-order valence-corrected chi connectivity index (χ2v) is 9.72. The number of pyridine rings is 1. The summed E-state index contributed by atoms with van der Waals surface area (Å²) in [5.74, 6) is 1.13. The average molecular weight is 485 g/mol. The van der Waals surface area contributed by atoms with Gasteiger partial charge in [0.25, 0.3) is 0 Å². The summed E-state index contributed by atoms with van der Waals surface area (Å²) in [4.78, 5) is 21.4. The fourth-order valence-electron chi connectivity index (χ4n) is 5.31. The van der Waals surface area contributed by atoms with E-state index in [0.29, 0.717) is 13.0 Å². The number of benzene rings is 2. The maximum Gasteiger partial charge on any atom is 0.220 e. The minimum absolute atomic E-state index is 0.125. The lowest BCUT2D eigenvalue weighted by Crippen LogP contribution is -2.48. The molecule has 1 saturated heterocycles. The third-order valence-corrected chi connectivity index (χ3v) is 7.31. The van der Waals surface area contributed by atoms with Crippen LogP contribution in [0.4, 0.5) is 0 Å². The number of unbranched alkanes of at least 4 members (excludes halogenated alkanes) is 1. The Balaban J connectivity index is 1.06. The number of carbonyl (C=O) groups is 1. The topological polar surface area (TPSA) is 57.7 Å². The molecular formula is C30H36N4O2. The van der Waals surface area contributed by atoms with Crippen molar-refractivity contribution < 1.29 is 9.53 Å². The standard InChI is InChI=1S/C30H36N4O2/c35-29(14-13-24-8-7-15-31-22-24)32-16-5-6-17-33-18-20-34(21-19-33)30-26-10-2-1-9-25(26)23-36-28-12-4-3-11-27(28)30/h1-4,7-12,15,22,30H,5-6,13-14,16-21,23H2,(H,32,35). The molecule has 6 heteroatoms. The number of piperazine rings is 1. The van der Waals surface area contributed by atoms with Crippen LogP contribution in [0.1, 0.15) is 47.6 Å². The van der Waals surface area contributed by atoms with Crippen LogP contribution in [0.25, 0.3) is 0 Å². The molecule has 0 radical (unpaired) electrons. The summed E-state index contributed by atoms with van der Waals surface area (Å²) in [7, 11) is 0. The number of aryl methyl sites for hydroxylation is 1. The molecule has 2 aliphatic rings. The van der Waals surface area contributed by atoms with Gasteiger partial charge in [0.05, 0.1) is 6.04 Å². The van der Waals surface area contributed by atoms with Gasteiger partial charge in [-0.05, 0) is 54.6 Å². The highest BCUT2D eigenvalue weighted by molar-refractivity contribution is 5.76. The molecule has 2 aliphatic heterocycles. The number of hydrogen-bond donors (Lipinski definition) is 1. The number of hydrogen-bond acceptors (Lipinski definition) is 5. The molecule has 0 saturated carbocycles. The van der Waals surface area contributed by atoms with Gasteiger partial charge in [-0.3, -0.25) is 14.7 Å². The molecule has 0 spiro atoms. The van der Waals surface area contributed by atoms with Crippen LogP contribution in [-0.2, 0) is 17.8 Å². The van der Waals surface area contributed by atoms with Crippen LogP contribution in [0.3, 0.4) is 0 Å². The summed E-state index contributed by atoms with van der Waals surface area (Å²) in [6.45, 7) is 6.68. The van der Waals surface area contributed by atoms with E-state index in [-0.39, 0.29) is 11.9 Å². The van der Waals surface area contributed by atoms with Crippen LogP contribution in [0.5, 0.6) is 5.75 Å². The molecule has 3 aromatic rings. The highest BCUT2D eigenvalue weighted by atomic mass is 16.5. The van der Waals surface area contributed by atoms with E-state index < -0.39 is 0 Å². The molecule has 3 heterocycles. The highest BCUT2D eigenvalue weighted by Gasteiger charge is 2.31. The summed E-state index contributed by atoms with van der Waals surface area (Å²) >= 11 is 0. The Bertz CT molecular complexity index is 1080. The summed E-state index contributed by atoms with van der Waals surface area (Å²) < 4.78 is 6.18. The van der Waals surface area contributed by atoms with E-state index in [1.165, 1.54) is 16.7 Å². The van der Waals surface area contributed by atoms with E-state index in [1.54, 1.807) is 6.20 Å². The molecule has 1 unspecified atom stereocenters. The van der Waals surface area contributed by atoms with Gasteiger partial charge < -0.3 is 15.0 Å². The van der Waals surface area contributed by atoms with Gasteiger partial charge in [-0.25, -0.2) is 0 Å². The predicted octanol–water partition coefficient (Wildman–Crippen LogP) is 4.21. The Morgan fingerprint density at radius 3 is 2.58 bits per heavy atom. The zero-order valence-corrected chi connectivity index (χ0v) is 20.9. The van der Waals surface area contributed by atoms with E-state index in [0.717, 1.165) is 69.8 Å². The first-order chi connectivity index (χ1) is 17.8. The zero-order chi connectivity index (χ0) is 24.6. The highest BCUT2D eigenvalue weighted by Crippen LogP contribution is 2.39. The van der Waals surface area contributed by atoms with Crippen LogP contribution in [-0.4, -0.2) is 60.0 Å². The van der Waals surface area contributed by atoms with Crippen molar-refractivity contribution in [2.75, 3.05) is 39.3 Å². The molecule has 1 N–H and O–H groups in total. The maximum absolute atomic E-state index is 12.1.